The van der Waals surface area contributed by atoms with E-state index < -0.39 is 5.97 Å². The molecule has 1 aromatic rings. The van der Waals surface area contributed by atoms with Crippen LogP contribution in [0.1, 0.15) is 56.9 Å². The van der Waals surface area contributed by atoms with Gasteiger partial charge >= 0.3 is 5.97 Å². The highest BCUT2D eigenvalue weighted by molar-refractivity contribution is 5.70. The predicted molar refractivity (Wildman–Crippen MR) is 96.1 cm³/mol. The summed E-state index contributed by atoms with van der Waals surface area (Å²) in [7, 11) is 1.67. The van der Waals surface area contributed by atoms with Crippen LogP contribution in [0.25, 0.3) is 0 Å². The quantitative estimate of drug-likeness (QED) is 0.786. The number of rotatable bonds is 7. The highest BCUT2D eigenvalue weighted by atomic mass is 16.5. The number of nitrogens with one attached hydrogen (secondary N) is 1. The van der Waals surface area contributed by atoms with Gasteiger partial charge in [-0.2, -0.15) is 0 Å². The summed E-state index contributed by atoms with van der Waals surface area (Å²) >= 11 is 0. The topological polar surface area (TPSA) is 67.8 Å². The fraction of sp³-hybridized carbons (Fsp3) is 0.650. The van der Waals surface area contributed by atoms with Gasteiger partial charge in [-0.1, -0.05) is 6.07 Å². The molecule has 0 aliphatic heterocycles. The zero-order chi connectivity index (χ0) is 17.6. The van der Waals surface area contributed by atoms with Crippen molar-refractivity contribution in [3.05, 3.63) is 23.8 Å². The molecule has 5 heteroatoms. The number of aliphatic carboxylic acids is 1. The van der Waals surface area contributed by atoms with Crippen LogP contribution in [0.5, 0.6) is 11.5 Å². The van der Waals surface area contributed by atoms with Crippen molar-refractivity contribution in [2.45, 2.75) is 70.1 Å². The first kappa shape index (κ1) is 18.1. The number of carboxylic acid groups (broad SMARTS) is 1. The molecule has 3 rings (SSSR count). The van der Waals surface area contributed by atoms with E-state index in [9.17, 15) is 4.79 Å². The molecule has 1 aromatic carbocycles. The van der Waals surface area contributed by atoms with Gasteiger partial charge in [-0.15, -0.1) is 0 Å². The SMILES string of the molecule is COc1ccc(CNC2CCC(C(=O)O)CC2)c(OC2CCCC2)c1. The number of carbonyl (C=O) groups is 1. The molecular formula is C20H29NO4. The molecule has 0 atom stereocenters. The van der Waals surface area contributed by atoms with Crippen molar-refractivity contribution >= 4 is 5.97 Å². The summed E-state index contributed by atoms with van der Waals surface area (Å²) in [5, 5.41) is 12.7. The third-order valence-electron chi connectivity index (χ3n) is 5.53. The van der Waals surface area contributed by atoms with Crippen molar-refractivity contribution in [2.75, 3.05) is 7.11 Å². The van der Waals surface area contributed by atoms with Crippen molar-refractivity contribution in [2.24, 2.45) is 5.92 Å². The Morgan fingerprint density at radius 2 is 1.88 bits per heavy atom. The Balaban J connectivity index is 1.58. The van der Waals surface area contributed by atoms with E-state index in [-0.39, 0.29) is 5.92 Å². The summed E-state index contributed by atoms with van der Waals surface area (Å²) in [6, 6.07) is 6.41. The standard InChI is InChI=1S/C20H29NO4/c1-24-18-11-8-15(19(12-18)25-17-4-2-3-5-17)13-21-16-9-6-14(7-10-16)20(22)23/h8,11-12,14,16-17,21H,2-7,9-10,13H2,1H3,(H,22,23). The average Bonchev–Trinajstić information content (AvgIpc) is 3.14. The highest BCUT2D eigenvalue weighted by Gasteiger charge is 2.26. The summed E-state index contributed by atoms with van der Waals surface area (Å²) in [5.41, 5.74) is 1.15. The van der Waals surface area contributed by atoms with Crippen LogP contribution in [-0.4, -0.2) is 30.3 Å². The number of methoxy groups -OCH3 is 1. The van der Waals surface area contributed by atoms with Crippen molar-refractivity contribution in [1.29, 1.82) is 0 Å². The van der Waals surface area contributed by atoms with Gasteiger partial charge in [-0.3, -0.25) is 4.79 Å². The molecule has 2 saturated carbocycles. The summed E-state index contributed by atoms with van der Waals surface area (Å²) < 4.78 is 11.6. The first-order valence-corrected chi connectivity index (χ1v) is 9.45. The van der Waals surface area contributed by atoms with E-state index in [1.54, 1.807) is 7.11 Å². The molecule has 5 nitrogen and oxygen atoms in total. The Morgan fingerprint density at radius 3 is 2.52 bits per heavy atom. The highest BCUT2D eigenvalue weighted by Crippen LogP contribution is 2.31. The van der Waals surface area contributed by atoms with Gasteiger partial charge in [-0.25, -0.2) is 0 Å². The van der Waals surface area contributed by atoms with Gasteiger partial charge in [0, 0.05) is 24.2 Å². The lowest BCUT2D eigenvalue weighted by molar-refractivity contribution is -0.142. The Bertz CT molecular complexity index is 575. The summed E-state index contributed by atoms with van der Waals surface area (Å²) in [4.78, 5) is 11.1. The third kappa shape index (κ3) is 4.88. The van der Waals surface area contributed by atoms with Gasteiger partial charge in [0.05, 0.1) is 19.1 Å². The van der Waals surface area contributed by atoms with E-state index in [1.165, 1.54) is 12.8 Å². The molecule has 0 spiro atoms. The Kier molecular flexibility index (Phi) is 6.19. The van der Waals surface area contributed by atoms with Gasteiger partial charge in [0.2, 0.25) is 0 Å². The number of hydrogen-bond acceptors (Lipinski definition) is 4. The van der Waals surface area contributed by atoms with Crippen LogP contribution in [0.2, 0.25) is 0 Å². The maximum atomic E-state index is 11.1. The van der Waals surface area contributed by atoms with Crippen molar-refractivity contribution in [3.8, 4) is 11.5 Å². The molecule has 0 heterocycles. The van der Waals surface area contributed by atoms with Crippen molar-refractivity contribution in [1.82, 2.24) is 5.32 Å². The zero-order valence-corrected chi connectivity index (χ0v) is 15.0. The fourth-order valence-electron chi connectivity index (χ4n) is 3.90. The Morgan fingerprint density at radius 1 is 1.16 bits per heavy atom. The van der Waals surface area contributed by atoms with Crippen molar-refractivity contribution < 1.29 is 19.4 Å². The van der Waals surface area contributed by atoms with Crippen LogP contribution in [0.3, 0.4) is 0 Å². The second kappa shape index (κ2) is 8.56. The molecule has 2 fully saturated rings. The predicted octanol–water partition coefficient (Wildman–Crippen LogP) is 3.75. The van der Waals surface area contributed by atoms with Crippen LogP contribution in [0.4, 0.5) is 0 Å². The van der Waals surface area contributed by atoms with Gasteiger partial charge in [0.1, 0.15) is 11.5 Å². The molecule has 0 saturated heterocycles. The Labute approximate surface area is 149 Å². The number of hydrogen-bond donors (Lipinski definition) is 2. The lowest BCUT2D eigenvalue weighted by Crippen LogP contribution is -2.34. The average molecular weight is 347 g/mol. The Hall–Kier alpha value is -1.75. The minimum Gasteiger partial charge on any atom is -0.497 e. The van der Waals surface area contributed by atoms with Crippen LogP contribution >= 0.6 is 0 Å². The van der Waals surface area contributed by atoms with Crippen LogP contribution in [0.15, 0.2) is 18.2 Å². The zero-order valence-electron chi connectivity index (χ0n) is 15.0. The molecular weight excluding hydrogens is 318 g/mol. The second-order valence-electron chi connectivity index (χ2n) is 7.27. The van der Waals surface area contributed by atoms with Gasteiger partial charge < -0.3 is 19.9 Å². The van der Waals surface area contributed by atoms with Crippen LogP contribution < -0.4 is 14.8 Å². The number of carboxylic acids is 1. The molecule has 2 aliphatic rings. The van der Waals surface area contributed by atoms with E-state index in [4.69, 9.17) is 14.6 Å². The largest absolute Gasteiger partial charge is 0.497 e. The van der Waals surface area contributed by atoms with Crippen LogP contribution in [-0.2, 0) is 11.3 Å². The van der Waals surface area contributed by atoms with Gasteiger partial charge in [-0.05, 0) is 57.4 Å². The van der Waals surface area contributed by atoms with Crippen LogP contribution in [0, 0.1) is 5.92 Å². The molecule has 0 bridgehead atoms. The molecule has 0 aromatic heterocycles. The van der Waals surface area contributed by atoms with Gasteiger partial charge in [0.25, 0.3) is 0 Å². The monoisotopic (exact) mass is 347 g/mol. The van der Waals surface area contributed by atoms with E-state index in [2.05, 4.69) is 11.4 Å². The summed E-state index contributed by atoms with van der Waals surface area (Å²) in [6.07, 6.45) is 8.44. The molecule has 25 heavy (non-hydrogen) atoms. The smallest absolute Gasteiger partial charge is 0.306 e. The molecule has 0 amide bonds. The first-order valence-electron chi connectivity index (χ1n) is 9.45. The summed E-state index contributed by atoms with van der Waals surface area (Å²) in [5.74, 6) is 0.915. The normalized spacial score (nSPS) is 24.2. The van der Waals surface area contributed by atoms with Gasteiger partial charge in [0.15, 0.2) is 0 Å². The molecule has 2 aliphatic carbocycles. The summed E-state index contributed by atoms with van der Waals surface area (Å²) in [6.45, 7) is 0.744. The number of benzene rings is 1. The maximum absolute atomic E-state index is 11.1. The lowest BCUT2D eigenvalue weighted by atomic mass is 9.86. The third-order valence-corrected chi connectivity index (χ3v) is 5.53. The minimum absolute atomic E-state index is 0.166. The first-order chi connectivity index (χ1) is 12.2. The number of ether oxygens (including phenoxy) is 2. The molecule has 0 unspecified atom stereocenters. The van der Waals surface area contributed by atoms with E-state index >= 15 is 0 Å². The minimum atomic E-state index is -0.652. The molecule has 2 N–H and O–H groups in total. The lowest BCUT2D eigenvalue weighted by Gasteiger charge is -2.27. The maximum Gasteiger partial charge on any atom is 0.306 e. The van der Waals surface area contributed by atoms with Crippen molar-refractivity contribution in [3.63, 3.8) is 0 Å². The van der Waals surface area contributed by atoms with E-state index in [0.717, 1.165) is 62.1 Å². The molecule has 138 valence electrons. The fourth-order valence-corrected chi connectivity index (χ4v) is 3.90. The molecule has 0 radical (unpaired) electrons. The second-order valence-corrected chi connectivity index (χ2v) is 7.27. The van der Waals surface area contributed by atoms with E-state index in [0.29, 0.717) is 12.1 Å². The van der Waals surface area contributed by atoms with E-state index in [1.807, 2.05) is 12.1 Å².